The van der Waals surface area contributed by atoms with Crippen molar-refractivity contribution in [2.45, 2.75) is 39.5 Å². The zero-order chi connectivity index (χ0) is 10.2. The summed E-state index contributed by atoms with van der Waals surface area (Å²) < 4.78 is 0. The lowest BCUT2D eigenvalue weighted by atomic mass is 10.0. The van der Waals surface area contributed by atoms with Gasteiger partial charge in [0.25, 0.3) is 0 Å². The highest BCUT2D eigenvalue weighted by Crippen LogP contribution is 2.20. The van der Waals surface area contributed by atoms with E-state index < -0.39 is 0 Å². The maximum Gasteiger partial charge on any atom is 0.00101 e. The second-order valence-corrected chi connectivity index (χ2v) is 5.69. The van der Waals surface area contributed by atoms with Crippen LogP contribution < -0.4 is 0 Å². The zero-order valence-electron chi connectivity index (χ0n) is 9.80. The predicted octanol–water partition coefficient (Wildman–Crippen LogP) is 3.25. The third-order valence-electron chi connectivity index (χ3n) is 3.03. The highest BCUT2D eigenvalue weighted by Gasteiger charge is 2.20. The van der Waals surface area contributed by atoms with Crippen LogP contribution in [0.3, 0.4) is 0 Å². The van der Waals surface area contributed by atoms with Gasteiger partial charge in [-0.1, -0.05) is 20.3 Å². The van der Waals surface area contributed by atoms with E-state index in [1.807, 2.05) is 0 Å². The van der Waals surface area contributed by atoms with Crippen molar-refractivity contribution < 1.29 is 0 Å². The minimum absolute atomic E-state index is 1.01. The Morgan fingerprint density at radius 3 is 2.93 bits per heavy atom. The molecular weight excluding hydrogens is 190 g/mol. The average Bonchev–Trinajstić information content (AvgIpc) is 2.61. The van der Waals surface area contributed by atoms with Gasteiger partial charge >= 0.3 is 0 Å². The summed E-state index contributed by atoms with van der Waals surface area (Å²) in [6, 6.07) is 0. The number of nitrogens with zero attached hydrogens (tertiary/aromatic N) is 1. The number of thioether (sulfide) groups is 1. The van der Waals surface area contributed by atoms with Gasteiger partial charge in [0, 0.05) is 6.54 Å². The van der Waals surface area contributed by atoms with E-state index in [1.54, 1.807) is 0 Å². The van der Waals surface area contributed by atoms with E-state index in [0.717, 1.165) is 5.92 Å². The van der Waals surface area contributed by atoms with E-state index in [1.165, 1.54) is 56.8 Å². The van der Waals surface area contributed by atoms with Crippen molar-refractivity contribution in [1.82, 2.24) is 4.90 Å². The summed E-state index contributed by atoms with van der Waals surface area (Å²) in [6.45, 7) is 8.64. The lowest BCUT2D eigenvalue weighted by Crippen LogP contribution is -2.22. The molecule has 0 N–H and O–H groups in total. The van der Waals surface area contributed by atoms with Crippen molar-refractivity contribution in [3.63, 3.8) is 0 Å². The molecule has 0 bridgehead atoms. The van der Waals surface area contributed by atoms with E-state index in [0.29, 0.717) is 0 Å². The Balaban J connectivity index is 1.98. The van der Waals surface area contributed by atoms with Crippen molar-refractivity contribution in [2.75, 3.05) is 31.1 Å². The number of rotatable bonds is 7. The Labute approximate surface area is 93.6 Å². The van der Waals surface area contributed by atoms with Gasteiger partial charge in [0.15, 0.2) is 0 Å². The summed E-state index contributed by atoms with van der Waals surface area (Å²) in [4.78, 5) is 2.66. The molecule has 0 aromatic heterocycles. The smallest absolute Gasteiger partial charge is 0.00101 e. The molecule has 1 unspecified atom stereocenters. The van der Waals surface area contributed by atoms with Crippen molar-refractivity contribution >= 4 is 11.8 Å². The summed E-state index contributed by atoms with van der Waals surface area (Å²) in [5, 5.41) is 0. The lowest BCUT2D eigenvalue weighted by molar-refractivity contribution is 0.322. The zero-order valence-corrected chi connectivity index (χ0v) is 10.6. The van der Waals surface area contributed by atoms with Gasteiger partial charge in [0.05, 0.1) is 0 Å². The SMILES string of the molecule is CCCC1CCN(CCCSCC)C1. The minimum atomic E-state index is 1.01. The first kappa shape index (κ1) is 12.4. The Bertz CT molecular complexity index is 138. The van der Waals surface area contributed by atoms with Gasteiger partial charge in [-0.2, -0.15) is 11.8 Å². The monoisotopic (exact) mass is 215 g/mol. The van der Waals surface area contributed by atoms with Crippen LogP contribution in [0.5, 0.6) is 0 Å². The molecule has 0 aromatic carbocycles. The van der Waals surface area contributed by atoms with Crippen molar-refractivity contribution in [2.24, 2.45) is 5.92 Å². The van der Waals surface area contributed by atoms with E-state index in [2.05, 4.69) is 30.5 Å². The highest BCUT2D eigenvalue weighted by atomic mass is 32.2. The Morgan fingerprint density at radius 2 is 2.21 bits per heavy atom. The second-order valence-electron chi connectivity index (χ2n) is 4.29. The topological polar surface area (TPSA) is 3.24 Å². The summed E-state index contributed by atoms with van der Waals surface area (Å²) in [7, 11) is 0. The molecule has 0 aliphatic carbocycles. The quantitative estimate of drug-likeness (QED) is 0.600. The molecule has 1 aliphatic heterocycles. The molecule has 1 nitrogen and oxygen atoms in total. The molecular formula is C12H25NS. The molecule has 1 saturated heterocycles. The fourth-order valence-electron chi connectivity index (χ4n) is 2.29. The first-order valence-electron chi connectivity index (χ1n) is 6.16. The summed E-state index contributed by atoms with van der Waals surface area (Å²) in [6.07, 6.45) is 5.65. The van der Waals surface area contributed by atoms with E-state index in [-0.39, 0.29) is 0 Å². The maximum atomic E-state index is 2.66. The van der Waals surface area contributed by atoms with Crippen LogP contribution >= 0.6 is 11.8 Å². The highest BCUT2D eigenvalue weighted by molar-refractivity contribution is 7.99. The van der Waals surface area contributed by atoms with Crippen LogP contribution in [0.2, 0.25) is 0 Å². The molecule has 1 atom stereocenters. The number of hydrogen-bond donors (Lipinski definition) is 0. The third kappa shape index (κ3) is 4.70. The third-order valence-corrected chi connectivity index (χ3v) is 4.02. The molecule has 14 heavy (non-hydrogen) atoms. The Hall–Kier alpha value is 0.310. The van der Waals surface area contributed by atoms with Gasteiger partial charge < -0.3 is 4.90 Å². The van der Waals surface area contributed by atoms with Crippen LogP contribution in [0.4, 0.5) is 0 Å². The van der Waals surface area contributed by atoms with Gasteiger partial charge in [0.2, 0.25) is 0 Å². The average molecular weight is 215 g/mol. The first-order chi connectivity index (χ1) is 6.86. The Kier molecular flexibility index (Phi) is 6.70. The molecule has 1 aliphatic rings. The largest absolute Gasteiger partial charge is 0.303 e. The maximum absolute atomic E-state index is 2.66. The Morgan fingerprint density at radius 1 is 1.36 bits per heavy atom. The second kappa shape index (κ2) is 7.58. The van der Waals surface area contributed by atoms with Gasteiger partial charge in [-0.05, 0) is 49.8 Å². The molecule has 0 spiro atoms. The predicted molar refractivity (Wildman–Crippen MR) is 67.1 cm³/mol. The molecule has 0 saturated carbocycles. The van der Waals surface area contributed by atoms with E-state index >= 15 is 0 Å². The van der Waals surface area contributed by atoms with E-state index in [9.17, 15) is 0 Å². The molecule has 0 aromatic rings. The van der Waals surface area contributed by atoms with Crippen LogP contribution in [-0.2, 0) is 0 Å². The molecule has 1 heterocycles. The number of hydrogen-bond acceptors (Lipinski definition) is 2. The van der Waals surface area contributed by atoms with Crippen molar-refractivity contribution in [3.8, 4) is 0 Å². The number of likely N-dealkylation sites (tertiary alicyclic amines) is 1. The normalized spacial score (nSPS) is 23.1. The molecule has 0 amide bonds. The van der Waals surface area contributed by atoms with Gasteiger partial charge in [-0.3, -0.25) is 0 Å². The van der Waals surface area contributed by atoms with Crippen LogP contribution in [-0.4, -0.2) is 36.0 Å². The first-order valence-corrected chi connectivity index (χ1v) is 7.32. The fourth-order valence-corrected chi connectivity index (χ4v) is 2.92. The molecule has 1 rings (SSSR count). The molecule has 84 valence electrons. The van der Waals surface area contributed by atoms with Crippen LogP contribution in [0, 0.1) is 5.92 Å². The molecule has 2 heteroatoms. The van der Waals surface area contributed by atoms with Crippen LogP contribution in [0.1, 0.15) is 39.5 Å². The standard InChI is InChI=1S/C12H25NS/c1-3-6-12-7-9-13(11-12)8-5-10-14-4-2/h12H,3-11H2,1-2H3. The van der Waals surface area contributed by atoms with Gasteiger partial charge in [-0.15, -0.1) is 0 Å². The summed E-state index contributed by atoms with van der Waals surface area (Å²) >= 11 is 2.08. The summed E-state index contributed by atoms with van der Waals surface area (Å²) in [5.74, 6) is 3.64. The minimum Gasteiger partial charge on any atom is -0.303 e. The van der Waals surface area contributed by atoms with E-state index in [4.69, 9.17) is 0 Å². The van der Waals surface area contributed by atoms with Crippen molar-refractivity contribution in [1.29, 1.82) is 0 Å². The lowest BCUT2D eigenvalue weighted by Gasteiger charge is -2.15. The molecule has 0 radical (unpaired) electrons. The fraction of sp³-hybridized carbons (Fsp3) is 1.00. The molecule has 1 fully saturated rings. The summed E-state index contributed by atoms with van der Waals surface area (Å²) in [5.41, 5.74) is 0. The van der Waals surface area contributed by atoms with Gasteiger partial charge in [0.1, 0.15) is 0 Å². The van der Waals surface area contributed by atoms with Crippen molar-refractivity contribution in [3.05, 3.63) is 0 Å². The van der Waals surface area contributed by atoms with Crippen LogP contribution in [0.15, 0.2) is 0 Å². The van der Waals surface area contributed by atoms with Crippen LogP contribution in [0.25, 0.3) is 0 Å². The van der Waals surface area contributed by atoms with Gasteiger partial charge in [-0.25, -0.2) is 0 Å².